The summed E-state index contributed by atoms with van der Waals surface area (Å²) in [5.74, 6) is 0.850. The molecule has 1 saturated heterocycles. The molecule has 0 atom stereocenters. The maximum Gasteiger partial charge on any atom is 0.322 e. The van der Waals surface area contributed by atoms with Gasteiger partial charge < -0.3 is 5.73 Å². The van der Waals surface area contributed by atoms with Gasteiger partial charge in [-0.15, -0.1) is 0 Å². The van der Waals surface area contributed by atoms with E-state index in [0.717, 1.165) is 19.0 Å². The van der Waals surface area contributed by atoms with Crippen molar-refractivity contribution in [2.24, 2.45) is 5.73 Å². The number of nitrogens with one attached hydrogen (secondary N) is 1. The van der Waals surface area contributed by atoms with E-state index in [9.17, 15) is 4.79 Å². The highest BCUT2D eigenvalue weighted by Crippen LogP contribution is 2.09. The molecular formula is C6H13N3OS. The first-order valence-corrected chi connectivity index (χ1v) is 4.67. The molecule has 0 radical (unpaired) electrons. The quantitative estimate of drug-likeness (QED) is 0.609. The van der Waals surface area contributed by atoms with E-state index >= 15 is 0 Å². The van der Waals surface area contributed by atoms with E-state index in [2.05, 4.69) is 9.62 Å². The Morgan fingerprint density at radius 1 is 1.55 bits per heavy atom. The Morgan fingerprint density at radius 3 is 2.73 bits per heavy atom. The predicted octanol–water partition coefficient (Wildman–Crippen LogP) is 0.356. The predicted molar refractivity (Wildman–Crippen MR) is 46.0 cm³/mol. The first kappa shape index (κ1) is 8.67. The van der Waals surface area contributed by atoms with Crippen molar-refractivity contribution in [3.8, 4) is 0 Å². The number of amides is 2. The van der Waals surface area contributed by atoms with Crippen molar-refractivity contribution in [1.82, 2.24) is 9.62 Å². The second-order valence-electron chi connectivity index (χ2n) is 2.56. The summed E-state index contributed by atoms with van der Waals surface area (Å²) in [5.41, 5.74) is 4.89. The van der Waals surface area contributed by atoms with E-state index in [0.29, 0.717) is 0 Å². The number of nitrogens with two attached hydrogens (primary N) is 1. The molecule has 1 aliphatic heterocycles. The molecule has 0 aromatic carbocycles. The maximum absolute atomic E-state index is 10.2. The van der Waals surface area contributed by atoms with Crippen LogP contribution in [0.4, 0.5) is 4.79 Å². The third-order valence-corrected chi connectivity index (χ3v) is 2.46. The molecule has 64 valence electrons. The smallest absolute Gasteiger partial charge is 0.322 e. The van der Waals surface area contributed by atoms with E-state index in [-0.39, 0.29) is 0 Å². The molecule has 0 spiro atoms. The van der Waals surface area contributed by atoms with Crippen molar-refractivity contribution in [2.45, 2.75) is 12.8 Å². The lowest BCUT2D eigenvalue weighted by molar-refractivity contribution is 0.254. The first-order chi connectivity index (χ1) is 5.29. The number of hydrogen-bond donors (Lipinski definition) is 2. The number of carbonyl (C=O) groups excluding carboxylic acids is 1. The van der Waals surface area contributed by atoms with Crippen LogP contribution in [0.3, 0.4) is 0 Å². The van der Waals surface area contributed by atoms with Gasteiger partial charge in [-0.2, -0.15) is 0 Å². The Labute approximate surface area is 70.6 Å². The minimum Gasteiger partial charge on any atom is -0.351 e. The maximum atomic E-state index is 10.2. The van der Waals surface area contributed by atoms with Crippen molar-refractivity contribution in [1.29, 1.82) is 0 Å². The van der Waals surface area contributed by atoms with Crippen LogP contribution < -0.4 is 10.5 Å². The zero-order valence-corrected chi connectivity index (χ0v) is 7.19. The summed E-state index contributed by atoms with van der Waals surface area (Å²) in [6.07, 6.45) is 2.55. The second kappa shape index (κ2) is 4.46. The molecule has 1 heterocycles. The van der Waals surface area contributed by atoms with Crippen molar-refractivity contribution in [2.75, 3.05) is 19.0 Å². The van der Waals surface area contributed by atoms with Gasteiger partial charge in [0, 0.05) is 0 Å². The van der Waals surface area contributed by atoms with Crippen LogP contribution in [0.5, 0.6) is 0 Å². The van der Waals surface area contributed by atoms with Gasteiger partial charge in [-0.3, -0.25) is 9.62 Å². The largest absolute Gasteiger partial charge is 0.351 e. The topological polar surface area (TPSA) is 58.4 Å². The Morgan fingerprint density at radius 2 is 2.18 bits per heavy atom. The molecule has 1 fully saturated rings. The Bertz CT molecular complexity index is 136. The standard InChI is InChI=1S/C6H13N3OS/c7-6(10)8-11-5-9-3-1-2-4-9/h1-5H2,(H3,7,8,10). The molecule has 3 N–H and O–H groups in total. The van der Waals surface area contributed by atoms with Gasteiger partial charge in [0.25, 0.3) is 0 Å². The van der Waals surface area contributed by atoms with Crippen LogP contribution >= 0.6 is 11.9 Å². The molecule has 5 heteroatoms. The zero-order valence-electron chi connectivity index (χ0n) is 6.38. The van der Waals surface area contributed by atoms with Gasteiger partial charge in [0.1, 0.15) is 0 Å². The molecule has 0 unspecified atom stereocenters. The van der Waals surface area contributed by atoms with Gasteiger partial charge in [0.15, 0.2) is 0 Å². The van der Waals surface area contributed by atoms with Crippen molar-refractivity contribution < 1.29 is 4.79 Å². The Hall–Kier alpha value is -0.420. The van der Waals surface area contributed by atoms with Gasteiger partial charge in [0.2, 0.25) is 0 Å². The van der Waals surface area contributed by atoms with Crippen LogP contribution in [0, 0.1) is 0 Å². The first-order valence-electron chi connectivity index (χ1n) is 3.68. The van der Waals surface area contributed by atoms with Gasteiger partial charge in [-0.25, -0.2) is 4.79 Å². The van der Waals surface area contributed by atoms with Crippen LogP contribution in [-0.4, -0.2) is 29.9 Å². The molecule has 11 heavy (non-hydrogen) atoms. The summed E-state index contributed by atoms with van der Waals surface area (Å²) in [7, 11) is 0. The number of likely N-dealkylation sites (tertiary alicyclic amines) is 1. The molecular weight excluding hydrogens is 162 g/mol. The summed E-state index contributed by atoms with van der Waals surface area (Å²) < 4.78 is 2.49. The molecule has 0 bridgehead atoms. The van der Waals surface area contributed by atoms with E-state index in [1.807, 2.05) is 0 Å². The van der Waals surface area contributed by atoms with Crippen LogP contribution in [0.1, 0.15) is 12.8 Å². The van der Waals surface area contributed by atoms with Gasteiger partial charge in [0.05, 0.1) is 5.88 Å². The molecule has 0 aromatic rings. The Kier molecular flexibility index (Phi) is 3.51. The lowest BCUT2D eigenvalue weighted by atomic mass is 10.4. The number of primary amides is 1. The van der Waals surface area contributed by atoms with Crippen molar-refractivity contribution in [3.05, 3.63) is 0 Å². The average Bonchev–Trinajstić information content (AvgIpc) is 2.39. The Balaban J connectivity index is 1.98. The highest BCUT2D eigenvalue weighted by molar-refractivity contribution is 7.97. The zero-order chi connectivity index (χ0) is 8.10. The fourth-order valence-corrected chi connectivity index (χ4v) is 1.75. The molecule has 1 aliphatic rings. The third-order valence-electron chi connectivity index (χ3n) is 1.62. The fraction of sp³-hybridized carbons (Fsp3) is 0.833. The normalized spacial score (nSPS) is 18.5. The SMILES string of the molecule is NC(=O)NSCN1CCCC1. The summed E-state index contributed by atoms with van der Waals surface area (Å²) in [6, 6.07) is -0.464. The van der Waals surface area contributed by atoms with E-state index in [1.165, 1.54) is 24.8 Å². The molecule has 0 aromatic heterocycles. The summed E-state index contributed by atoms with van der Waals surface area (Å²) in [5, 5.41) is 0. The summed E-state index contributed by atoms with van der Waals surface area (Å²) >= 11 is 1.36. The second-order valence-corrected chi connectivity index (χ2v) is 3.32. The van der Waals surface area contributed by atoms with Crippen LogP contribution in [0.15, 0.2) is 0 Å². The van der Waals surface area contributed by atoms with E-state index in [4.69, 9.17) is 5.73 Å². The third kappa shape index (κ3) is 3.48. The lowest BCUT2D eigenvalue weighted by Gasteiger charge is -2.12. The van der Waals surface area contributed by atoms with Gasteiger partial charge >= 0.3 is 6.03 Å². The highest BCUT2D eigenvalue weighted by Gasteiger charge is 2.10. The monoisotopic (exact) mass is 175 g/mol. The van der Waals surface area contributed by atoms with Gasteiger partial charge in [-0.1, -0.05) is 0 Å². The molecule has 0 aliphatic carbocycles. The minimum atomic E-state index is -0.464. The van der Waals surface area contributed by atoms with Gasteiger partial charge in [-0.05, 0) is 37.9 Å². The fourth-order valence-electron chi connectivity index (χ4n) is 1.11. The number of carbonyl (C=O) groups is 1. The summed E-state index contributed by atoms with van der Waals surface area (Å²) in [6.45, 7) is 2.29. The number of nitrogens with zero attached hydrogens (tertiary/aromatic N) is 1. The molecule has 4 nitrogen and oxygen atoms in total. The number of hydrogen-bond acceptors (Lipinski definition) is 3. The molecule has 2 amide bonds. The van der Waals surface area contributed by atoms with Crippen molar-refractivity contribution >= 4 is 18.0 Å². The number of rotatable bonds is 3. The van der Waals surface area contributed by atoms with Crippen LogP contribution in [0.25, 0.3) is 0 Å². The number of urea groups is 1. The van der Waals surface area contributed by atoms with E-state index < -0.39 is 6.03 Å². The summed E-state index contributed by atoms with van der Waals surface area (Å²) in [4.78, 5) is 12.5. The molecule has 0 saturated carbocycles. The average molecular weight is 175 g/mol. The highest BCUT2D eigenvalue weighted by atomic mass is 32.2. The minimum absolute atomic E-state index is 0.464. The lowest BCUT2D eigenvalue weighted by Crippen LogP contribution is -2.27. The van der Waals surface area contributed by atoms with Crippen LogP contribution in [-0.2, 0) is 0 Å². The molecule has 1 rings (SSSR count). The van der Waals surface area contributed by atoms with Crippen molar-refractivity contribution in [3.63, 3.8) is 0 Å². The van der Waals surface area contributed by atoms with E-state index in [1.54, 1.807) is 0 Å². The van der Waals surface area contributed by atoms with Crippen LogP contribution in [0.2, 0.25) is 0 Å².